The van der Waals surface area contributed by atoms with Gasteiger partial charge in [0.1, 0.15) is 11.6 Å². The number of halogens is 2. The molecule has 4 aromatic rings. The monoisotopic (exact) mass is 544 g/mol. The Bertz CT molecular complexity index is 1200. The van der Waals surface area contributed by atoms with E-state index in [1.54, 1.807) is 0 Å². The first-order valence-electron chi connectivity index (χ1n) is 11.3. The first kappa shape index (κ1) is 22.5. The van der Waals surface area contributed by atoms with Gasteiger partial charge in [0, 0.05) is 21.5 Å². The third-order valence-electron chi connectivity index (χ3n) is 5.78. The summed E-state index contributed by atoms with van der Waals surface area (Å²) >= 11 is 7.02. The number of nitrogens with zero attached hydrogens (tertiary/aromatic N) is 4. The molecule has 0 bridgehead atoms. The third-order valence-corrected chi connectivity index (χ3v) is 6.77. The summed E-state index contributed by atoms with van der Waals surface area (Å²) in [5, 5.41) is 0. The van der Waals surface area contributed by atoms with Crippen LogP contribution in [0, 0.1) is 19.8 Å². The number of benzene rings is 2. The molecule has 2 fully saturated rings. The van der Waals surface area contributed by atoms with Gasteiger partial charge in [-0.1, -0.05) is 45.7 Å². The Kier molecular flexibility index (Phi) is 6.87. The van der Waals surface area contributed by atoms with Crippen LogP contribution in [0.1, 0.15) is 57.2 Å². The highest BCUT2D eigenvalue weighted by molar-refractivity contribution is 9.10. The summed E-state index contributed by atoms with van der Waals surface area (Å²) in [6.45, 7) is 9.32. The van der Waals surface area contributed by atoms with Crippen LogP contribution in [0.15, 0.2) is 45.3 Å². The Morgan fingerprint density at radius 1 is 0.806 bits per heavy atom. The lowest BCUT2D eigenvalue weighted by Gasteiger charge is -2.05. The molecule has 0 saturated heterocycles. The highest BCUT2D eigenvalue weighted by Crippen LogP contribution is 2.39. The van der Waals surface area contributed by atoms with Gasteiger partial charge in [-0.25, -0.2) is 9.97 Å². The normalized spacial score (nSPS) is 15.4. The SMILES string of the molecule is CC.Cc1nc2ccc(Br)cc2n1C1CC1.Cc1nc2ccc(Br)cc2n1CC1CC1. The van der Waals surface area contributed by atoms with Gasteiger partial charge < -0.3 is 9.13 Å². The molecule has 2 aliphatic carbocycles. The summed E-state index contributed by atoms with van der Waals surface area (Å²) in [4.78, 5) is 9.13. The van der Waals surface area contributed by atoms with Crippen LogP contribution in [0.4, 0.5) is 0 Å². The van der Waals surface area contributed by atoms with E-state index in [-0.39, 0.29) is 0 Å². The van der Waals surface area contributed by atoms with Crippen molar-refractivity contribution in [3.8, 4) is 0 Å². The van der Waals surface area contributed by atoms with Crippen molar-refractivity contribution in [2.24, 2.45) is 5.92 Å². The zero-order chi connectivity index (χ0) is 22.1. The van der Waals surface area contributed by atoms with Gasteiger partial charge in [0.05, 0.1) is 22.1 Å². The number of hydrogen-bond donors (Lipinski definition) is 0. The van der Waals surface area contributed by atoms with E-state index < -0.39 is 0 Å². The van der Waals surface area contributed by atoms with Crippen molar-refractivity contribution in [2.45, 2.75) is 66.0 Å². The molecule has 6 rings (SSSR count). The molecule has 2 aliphatic rings. The van der Waals surface area contributed by atoms with Crippen LogP contribution in [0.25, 0.3) is 22.1 Å². The quantitative estimate of drug-likeness (QED) is 0.261. The molecule has 2 aromatic heterocycles. The van der Waals surface area contributed by atoms with Gasteiger partial charge in [0.2, 0.25) is 0 Å². The van der Waals surface area contributed by atoms with Gasteiger partial charge in [-0.2, -0.15) is 0 Å². The number of aryl methyl sites for hydroxylation is 2. The van der Waals surface area contributed by atoms with Crippen LogP contribution < -0.4 is 0 Å². The summed E-state index contributed by atoms with van der Waals surface area (Å²) in [6, 6.07) is 13.3. The maximum atomic E-state index is 4.58. The van der Waals surface area contributed by atoms with E-state index in [0.29, 0.717) is 6.04 Å². The molecular formula is C25H30Br2N4. The second-order valence-electron chi connectivity index (χ2n) is 8.24. The molecule has 0 amide bonds. The summed E-state index contributed by atoms with van der Waals surface area (Å²) in [7, 11) is 0. The molecule has 4 nitrogen and oxygen atoms in total. The fourth-order valence-corrected chi connectivity index (χ4v) is 4.68. The van der Waals surface area contributed by atoms with Gasteiger partial charge in [0.25, 0.3) is 0 Å². The highest BCUT2D eigenvalue weighted by Gasteiger charge is 2.27. The average Bonchev–Trinajstić information content (AvgIpc) is 3.68. The van der Waals surface area contributed by atoms with E-state index in [1.807, 2.05) is 19.9 Å². The van der Waals surface area contributed by atoms with Crippen molar-refractivity contribution in [3.05, 3.63) is 57.0 Å². The maximum Gasteiger partial charge on any atom is 0.106 e. The Labute approximate surface area is 201 Å². The molecule has 2 saturated carbocycles. The first-order valence-corrected chi connectivity index (χ1v) is 12.8. The number of imidazole rings is 2. The predicted octanol–water partition coefficient (Wildman–Crippen LogP) is 7.99. The minimum absolute atomic E-state index is 0.703. The van der Waals surface area contributed by atoms with E-state index in [9.17, 15) is 0 Å². The van der Waals surface area contributed by atoms with Gasteiger partial charge in [-0.3, -0.25) is 0 Å². The number of aromatic nitrogens is 4. The summed E-state index contributed by atoms with van der Waals surface area (Å²) < 4.78 is 6.97. The zero-order valence-corrected chi connectivity index (χ0v) is 21.9. The first-order chi connectivity index (χ1) is 15.0. The number of rotatable bonds is 3. The Hall–Kier alpha value is -1.66. The maximum absolute atomic E-state index is 4.58. The van der Waals surface area contributed by atoms with Gasteiger partial charge >= 0.3 is 0 Å². The zero-order valence-electron chi connectivity index (χ0n) is 18.7. The van der Waals surface area contributed by atoms with E-state index >= 15 is 0 Å². The molecule has 2 heterocycles. The lowest BCUT2D eigenvalue weighted by atomic mass is 10.3. The minimum atomic E-state index is 0.703. The van der Waals surface area contributed by atoms with Crippen LogP contribution in [0.5, 0.6) is 0 Å². The van der Waals surface area contributed by atoms with E-state index in [2.05, 4.69) is 95.1 Å². The van der Waals surface area contributed by atoms with Gasteiger partial charge in [-0.05, 0) is 81.8 Å². The fraction of sp³-hybridized carbons (Fsp3) is 0.440. The van der Waals surface area contributed by atoms with Crippen molar-refractivity contribution in [1.29, 1.82) is 0 Å². The standard InChI is InChI=1S/C12H13BrN2.C11H11BrN2.C2H6/c1-8-14-11-5-4-10(13)6-12(11)15(8)7-9-2-3-9;1-7-13-10-5-2-8(12)6-11(10)14(7)9-3-4-9;1-2/h4-6,9H,2-3,7H2,1H3;2,5-6,9H,3-4H2,1H3;1-2H3. The summed E-state index contributed by atoms with van der Waals surface area (Å²) in [5.41, 5.74) is 4.74. The van der Waals surface area contributed by atoms with Crippen molar-refractivity contribution in [2.75, 3.05) is 0 Å². The van der Waals surface area contributed by atoms with Crippen LogP contribution in [-0.2, 0) is 6.54 Å². The molecule has 2 aromatic carbocycles. The third kappa shape index (κ3) is 5.06. The van der Waals surface area contributed by atoms with Crippen LogP contribution >= 0.6 is 31.9 Å². The summed E-state index contributed by atoms with van der Waals surface area (Å²) in [6.07, 6.45) is 5.37. The Balaban J connectivity index is 0.000000139. The van der Waals surface area contributed by atoms with Gasteiger partial charge in [-0.15, -0.1) is 0 Å². The predicted molar refractivity (Wildman–Crippen MR) is 137 cm³/mol. The molecule has 0 spiro atoms. The van der Waals surface area contributed by atoms with Crippen molar-refractivity contribution >= 4 is 53.9 Å². The molecule has 0 atom stereocenters. The Morgan fingerprint density at radius 2 is 1.35 bits per heavy atom. The minimum Gasteiger partial charge on any atom is -0.328 e. The van der Waals surface area contributed by atoms with Gasteiger partial charge in [0.15, 0.2) is 0 Å². The van der Waals surface area contributed by atoms with E-state index in [4.69, 9.17) is 0 Å². The van der Waals surface area contributed by atoms with Crippen LogP contribution in [0.2, 0.25) is 0 Å². The van der Waals surface area contributed by atoms with Crippen LogP contribution in [-0.4, -0.2) is 19.1 Å². The second-order valence-corrected chi connectivity index (χ2v) is 10.1. The van der Waals surface area contributed by atoms with E-state index in [1.165, 1.54) is 36.7 Å². The van der Waals surface area contributed by atoms with Crippen molar-refractivity contribution < 1.29 is 0 Å². The molecule has 0 radical (unpaired) electrons. The highest BCUT2D eigenvalue weighted by atomic mass is 79.9. The molecule has 6 heteroatoms. The molecule has 31 heavy (non-hydrogen) atoms. The second kappa shape index (κ2) is 9.45. The smallest absolute Gasteiger partial charge is 0.106 e. The van der Waals surface area contributed by atoms with Crippen molar-refractivity contribution in [3.63, 3.8) is 0 Å². The number of hydrogen-bond acceptors (Lipinski definition) is 2. The average molecular weight is 546 g/mol. The topological polar surface area (TPSA) is 35.6 Å². The Morgan fingerprint density at radius 3 is 1.94 bits per heavy atom. The van der Waals surface area contributed by atoms with Crippen molar-refractivity contribution in [1.82, 2.24) is 19.1 Å². The molecule has 0 unspecified atom stereocenters. The van der Waals surface area contributed by atoms with Crippen LogP contribution in [0.3, 0.4) is 0 Å². The molecule has 0 aliphatic heterocycles. The molecular weight excluding hydrogens is 516 g/mol. The fourth-order valence-electron chi connectivity index (χ4n) is 3.99. The molecule has 164 valence electrons. The molecule has 0 N–H and O–H groups in total. The summed E-state index contributed by atoms with van der Waals surface area (Å²) in [5.74, 6) is 3.16. The lowest BCUT2D eigenvalue weighted by molar-refractivity contribution is 0.626. The lowest BCUT2D eigenvalue weighted by Crippen LogP contribution is -2.01. The van der Waals surface area contributed by atoms with E-state index in [0.717, 1.165) is 44.1 Å². The largest absolute Gasteiger partial charge is 0.328 e. The number of fused-ring (bicyclic) bond motifs is 2.